The minimum Gasteiger partial charge on any atom is -0.497 e. The third-order valence-electron chi connectivity index (χ3n) is 3.02. The first kappa shape index (κ1) is 15.4. The van der Waals surface area contributed by atoms with Gasteiger partial charge in [0.15, 0.2) is 0 Å². The van der Waals surface area contributed by atoms with Gasteiger partial charge < -0.3 is 19.7 Å². The first-order valence-corrected chi connectivity index (χ1v) is 6.37. The fourth-order valence-corrected chi connectivity index (χ4v) is 1.87. The molecule has 0 heterocycles. The van der Waals surface area contributed by atoms with Crippen LogP contribution >= 0.6 is 0 Å². The summed E-state index contributed by atoms with van der Waals surface area (Å²) in [5, 5.41) is 18.0. The second-order valence-electron chi connectivity index (χ2n) is 4.45. The molecule has 0 spiro atoms. The maximum absolute atomic E-state index is 11.1. The Bertz CT molecular complexity index is 690. The lowest BCUT2D eigenvalue weighted by molar-refractivity contribution is 0.0651. The molecule has 0 bridgehead atoms. The third kappa shape index (κ3) is 3.54. The molecule has 0 fully saturated rings. The predicted molar refractivity (Wildman–Crippen MR) is 77.7 cm³/mol. The molecule has 114 valence electrons. The molecule has 0 aliphatic carbocycles. The molecular weight excluding hydrogens is 288 g/mol. The molecular formula is C16H14O6. The predicted octanol–water partition coefficient (Wildman–Crippen LogP) is 2.67. The molecule has 0 amide bonds. The summed E-state index contributed by atoms with van der Waals surface area (Å²) < 4.78 is 10.5. The topological polar surface area (TPSA) is 93.1 Å². The van der Waals surface area contributed by atoms with Crippen LogP contribution in [0.2, 0.25) is 0 Å². The second-order valence-corrected chi connectivity index (χ2v) is 4.45. The Kier molecular flexibility index (Phi) is 4.63. The monoisotopic (exact) mass is 302 g/mol. The van der Waals surface area contributed by atoms with E-state index in [-0.39, 0.29) is 17.7 Å². The molecule has 6 heteroatoms. The Balaban J connectivity index is 2.14. The van der Waals surface area contributed by atoms with Crippen LogP contribution in [0.25, 0.3) is 0 Å². The number of carbonyl (C=O) groups is 2. The van der Waals surface area contributed by atoms with Gasteiger partial charge in [-0.1, -0.05) is 12.1 Å². The zero-order valence-corrected chi connectivity index (χ0v) is 11.8. The molecule has 22 heavy (non-hydrogen) atoms. The van der Waals surface area contributed by atoms with Gasteiger partial charge in [-0.25, -0.2) is 9.59 Å². The molecule has 6 nitrogen and oxygen atoms in total. The Labute approximate surface area is 126 Å². The van der Waals surface area contributed by atoms with Gasteiger partial charge in [0.2, 0.25) is 0 Å². The lowest BCUT2D eigenvalue weighted by Gasteiger charge is -2.09. The smallest absolute Gasteiger partial charge is 0.336 e. The number of rotatable bonds is 6. The van der Waals surface area contributed by atoms with Gasteiger partial charge in [-0.2, -0.15) is 0 Å². The van der Waals surface area contributed by atoms with Crippen molar-refractivity contribution in [3.05, 3.63) is 59.2 Å². The van der Waals surface area contributed by atoms with E-state index in [1.807, 2.05) is 12.1 Å². The van der Waals surface area contributed by atoms with E-state index in [0.717, 1.165) is 11.3 Å². The van der Waals surface area contributed by atoms with Crippen molar-refractivity contribution < 1.29 is 29.3 Å². The highest BCUT2D eigenvalue weighted by molar-refractivity contribution is 6.01. The van der Waals surface area contributed by atoms with Crippen LogP contribution in [0.3, 0.4) is 0 Å². The fraction of sp³-hybridized carbons (Fsp3) is 0.125. The highest BCUT2D eigenvalue weighted by Gasteiger charge is 2.16. The normalized spacial score (nSPS) is 10.0. The van der Waals surface area contributed by atoms with Crippen molar-refractivity contribution in [1.29, 1.82) is 0 Å². The molecule has 0 saturated carbocycles. The number of methoxy groups -OCH3 is 1. The van der Waals surface area contributed by atoms with Crippen molar-refractivity contribution in [2.24, 2.45) is 0 Å². The van der Waals surface area contributed by atoms with Crippen molar-refractivity contribution >= 4 is 11.9 Å². The highest BCUT2D eigenvalue weighted by Crippen LogP contribution is 2.20. The van der Waals surface area contributed by atoms with Crippen molar-refractivity contribution in [2.75, 3.05) is 7.11 Å². The summed E-state index contributed by atoms with van der Waals surface area (Å²) in [5.41, 5.74) is 0.295. The van der Waals surface area contributed by atoms with E-state index in [0.29, 0.717) is 5.75 Å². The van der Waals surface area contributed by atoms with Gasteiger partial charge in [-0.3, -0.25) is 0 Å². The zero-order chi connectivity index (χ0) is 16.1. The largest absolute Gasteiger partial charge is 0.497 e. The minimum absolute atomic E-state index is 0.232. The van der Waals surface area contributed by atoms with Crippen LogP contribution in [-0.2, 0) is 6.61 Å². The molecule has 0 unspecified atom stereocenters. The summed E-state index contributed by atoms with van der Waals surface area (Å²) in [7, 11) is 1.57. The number of carboxylic acids is 2. The molecule has 0 saturated heterocycles. The summed E-state index contributed by atoms with van der Waals surface area (Å²) >= 11 is 0. The van der Waals surface area contributed by atoms with Gasteiger partial charge in [0.25, 0.3) is 0 Å². The van der Waals surface area contributed by atoms with Crippen molar-refractivity contribution in [3.63, 3.8) is 0 Å². The average Bonchev–Trinajstić information content (AvgIpc) is 2.53. The van der Waals surface area contributed by atoms with Gasteiger partial charge in [-0.05, 0) is 35.9 Å². The quantitative estimate of drug-likeness (QED) is 0.852. The van der Waals surface area contributed by atoms with Crippen molar-refractivity contribution in [3.8, 4) is 11.5 Å². The zero-order valence-electron chi connectivity index (χ0n) is 11.8. The van der Waals surface area contributed by atoms with Gasteiger partial charge in [0.1, 0.15) is 18.1 Å². The summed E-state index contributed by atoms with van der Waals surface area (Å²) in [6, 6.07) is 11.1. The van der Waals surface area contributed by atoms with Crippen LogP contribution in [0, 0.1) is 0 Å². The lowest BCUT2D eigenvalue weighted by atomic mass is 10.1. The highest BCUT2D eigenvalue weighted by atomic mass is 16.5. The van der Waals surface area contributed by atoms with Crippen LogP contribution in [0.15, 0.2) is 42.5 Å². The van der Waals surface area contributed by atoms with E-state index in [1.54, 1.807) is 19.2 Å². The molecule has 0 aliphatic heterocycles. The Morgan fingerprint density at radius 2 is 1.50 bits per heavy atom. The number of hydrogen-bond acceptors (Lipinski definition) is 4. The molecule has 0 atom stereocenters. The van der Waals surface area contributed by atoms with E-state index in [4.69, 9.17) is 19.7 Å². The average molecular weight is 302 g/mol. The maximum Gasteiger partial charge on any atom is 0.336 e. The molecule has 0 aliphatic rings. The minimum atomic E-state index is -1.31. The molecule has 2 N–H and O–H groups in total. The van der Waals surface area contributed by atoms with Crippen LogP contribution < -0.4 is 9.47 Å². The van der Waals surface area contributed by atoms with Gasteiger partial charge >= 0.3 is 11.9 Å². The molecule has 0 aromatic heterocycles. The van der Waals surface area contributed by atoms with Gasteiger partial charge in [0, 0.05) is 0 Å². The summed E-state index contributed by atoms with van der Waals surface area (Å²) in [6.45, 7) is 0.232. The molecule has 0 radical (unpaired) electrons. The Hall–Kier alpha value is -3.02. The van der Waals surface area contributed by atoms with Crippen molar-refractivity contribution in [2.45, 2.75) is 6.61 Å². The second kappa shape index (κ2) is 6.62. The lowest BCUT2D eigenvalue weighted by Crippen LogP contribution is -2.08. The van der Waals surface area contributed by atoms with Crippen molar-refractivity contribution in [1.82, 2.24) is 0 Å². The summed E-state index contributed by atoms with van der Waals surface area (Å²) in [4.78, 5) is 22.1. The Morgan fingerprint density at radius 3 is 2.05 bits per heavy atom. The van der Waals surface area contributed by atoms with Crippen LogP contribution in [0.1, 0.15) is 26.3 Å². The van der Waals surface area contributed by atoms with E-state index in [2.05, 4.69) is 0 Å². The Morgan fingerprint density at radius 1 is 0.909 bits per heavy atom. The van der Waals surface area contributed by atoms with Gasteiger partial charge in [0.05, 0.1) is 18.2 Å². The van der Waals surface area contributed by atoms with Gasteiger partial charge in [-0.15, -0.1) is 0 Å². The third-order valence-corrected chi connectivity index (χ3v) is 3.02. The molecule has 2 aromatic rings. The van der Waals surface area contributed by atoms with Crippen LogP contribution in [-0.4, -0.2) is 29.3 Å². The number of ether oxygens (including phenoxy) is 2. The van der Waals surface area contributed by atoms with E-state index in [9.17, 15) is 9.59 Å². The first-order chi connectivity index (χ1) is 10.5. The number of carboxylic acid groups (broad SMARTS) is 2. The van der Waals surface area contributed by atoms with E-state index >= 15 is 0 Å². The summed E-state index contributed by atoms with van der Waals surface area (Å²) in [5.74, 6) is -1.59. The summed E-state index contributed by atoms with van der Waals surface area (Å²) in [6.07, 6.45) is 0. The van der Waals surface area contributed by atoms with Crippen LogP contribution in [0.5, 0.6) is 11.5 Å². The first-order valence-electron chi connectivity index (χ1n) is 6.37. The number of hydrogen-bond donors (Lipinski definition) is 2. The van der Waals surface area contributed by atoms with Crippen LogP contribution in [0.4, 0.5) is 0 Å². The molecule has 2 aromatic carbocycles. The number of aromatic carboxylic acids is 2. The SMILES string of the molecule is COc1ccc(COc2ccc(C(=O)O)c(C(=O)O)c2)cc1. The molecule has 2 rings (SSSR count). The fourth-order valence-electron chi connectivity index (χ4n) is 1.87. The van der Waals surface area contributed by atoms with E-state index < -0.39 is 11.9 Å². The number of benzene rings is 2. The maximum atomic E-state index is 11.1. The van der Waals surface area contributed by atoms with E-state index in [1.165, 1.54) is 18.2 Å². The standard InChI is InChI=1S/C16H14O6/c1-21-11-4-2-10(3-5-11)9-22-12-6-7-13(15(17)18)14(8-12)16(19)20/h2-8H,9H2,1H3,(H,17,18)(H,19,20).